The monoisotopic (exact) mass is 521 g/mol. The number of H-pyrrole nitrogens is 1. The van der Waals surface area contributed by atoms with Gasteiger partial charge in [0.15, 0.2) is 5.79 Å². The molecule has 39 heavy (non-hydrogen) atoms. The van der Waals surface area contributed by atoms with Gasteiger partial charge in [-0.2, -0.15) is 0 Å². The average molecular weight is 522 g/mol. The van der Waals surface area contributed by atoms with Gasteiger partial charge >= 0.3 is 0 Å². The smallest absolute Gasteiger partial charge is 0.202 e. The van der Waals surface area contributed by atoms with Crippen LogP contribution in [0.2, 0.25) is 0 Å². The van der Waals surface area contributed by atoms with Gasteiger partial charge in [-0.15, -0.1) is 0 Å². The van der Waals surface area contributed by atoms with Crippen LogP contribution in [0.25, 0.3) is 27.2 Å². The highest BCUT2D eigenvalue weighted by Crippen LogP contribution is 2.38. The van der Waals surface area contributed by atoms with Crippen molar-refractivity contribution in [1.82, 2.24) is 25.0 Å². The van der Waals surface area contributed by atoms with Crippen molar-refractivity contribution in [1.29, 1.82) is 0 Å². The minimum Gasteiger partial charge on any atom is -0.364 e. The number of guanidine groups is 1. The van der Waals surface area contributed by atoms with Crippen molar-refractivity contribution >= 4 is 33.2 Å². The van der Waals surface area contributed by atoms with E-state index in [1.807, 2.05) is 0 Å². The number of aromatic amines is 1. The van der Waals surface area contributed by atoms with Crippen molar-refractivity contribution in [2.24, 2.45) is 10.7 Å². The number of rotatable bonds is 6. The molecule has 1 atom stereocenters. The van der Waals surface area contributed by atoms with Gasteiger partial charge in [-0.25, -0.2) is 4.99 Å². The molecule has 0 spiro atoms. The maximum atomic E-state index is 7.46. The zero-order chi connectivity index (χ0) is 27.0. The van der Waals surface area contributed by atoms with E-state index in [2.05, 4.69) is 119 Å². The summed E-state index contributed by atoms with van der Waals surface area (Å²) in [5.74, 6) is 0.816. The van der Waals surface area contributed by atoms with E-state index >= 15 is 0 Å². The van der Waals surface area contributed by atoms with Crippen LogP contribution in [-0.4, -0.2) is 72.2 Å². The van der Waals surface area contributed by atoms with Crippen LogP contribution in [0.3, 0.4) is 0 Å². The fourth-order valence-corrected chi connectivity index (χ4v) is 5.99. The number of aliphatic imine (C=N–C) groups is 1. The number of para-hydroxylation sites is 1. The van der Waals surface area contributed by atoms with E-state index in [1.165, 1.54) is 33.7 Å². The van der Waals surface area contributed by atoms with Gasteiger partial charge in [-0.1, -0.05) is 61.0 Å². The molecule has 3 aromatic carbocycles. The Morgan fingerprint density at radius 3 is 2.46 bits per heavy atom. The van der Waals surface area contributed by atoms with Crippen LogP contribution >= 0.6 is 0 Å². The second-order valence-electron chi connectivity index (χ2n) is 11.0. The van der Waals surface area contributed by atoms with E-state index in [9.17, 15) is 0 Å². The van der Waals surface area contributed by atoms with Crippen LogP contribution < -0.4 is 11.1 Å². The van der Waals surface area contributed by atoms with Crippen molar-refractivity contribution < 1.29 is 0 Å². The molecule has 1 aromatic heterocycles. The summed E-state index contributed by atoms with van der Waals surface area (Å²) in [6.07, 6.45) is 6.53. The first kappa shape index (κ1) is 25.5. The summed E-state index contributed by atoms with van der Waals surface area (Å²) in [6.45, 7) is 2.68. The van der Waals surface area contributed by atoms with Crippen molar-refractivity contribution in [3.05, 3.63) is 89.9 Å². The standard InChI is InChI=1S/C32H39N7/c1-37(2)30-29(25-16-15-23-11-5-6-12-24(23)21-25)32(33,39-18-9-4-10-19-39)36-31(35-30)38(3)20-17-26-22-34-28-14-8-7-13-27(26)28/h5-8,11-16,21-22,34H,4,9-10,17-20,33H2,1-3H3,(H,35,36). The zero-order valence-electron chi connectivity index (χ0n) is 23.2. The Kier molecular flexibility index (Phi) is 6.79. The Balaban J connectivity index is 1.38. The second kappa shape index (κ2) is 10.4. The van der Waals surface area contributed by atoms with Gasteiger partial charge in [0.05, 0.1) is 5.57 Å². The Hall–Kier alpha value is -3.81. The third-order valence-corrected chi connectivity index (χ3v) is 8.19. The Morgan fingerprint density at radius 2 is 1.67 bits per heavy atom. The van der Waals surface area contributed by atoms with E-state index in [0.29, 0.717) is 0 Å². The molecule has 202 valence electrons. The van der Waals surface area contributed by atoms with Crippen LogP contribution in [0, 0.1) is 0 Å². The Bertz CT molecular complexity index is 1540. The second-order valence-corrected chi connectivity index (χ2v) is 11.0. The van der Waals surface area contributed by atoms with Crippen LogP contribution in [0.5, 0.6) is 0 Å². The van der Waals surface area contributed by atoms with Gasteiger partial charge in [0.1, 0.15) is 5.82 Å². The normalized spacial score (nSPS) is 20.3. The molecule has 2 aliphatic rings. The van der Waals surface area contributed by atoms with Crippen LogP contribution in [0.1, 0.15) is 30.4 Å². The average Bonchev–Trinajstić information content (AvgIpc) is 3.38. The molecule has 1 fully saturated rings. The highest BCUT2D eigenvalue weighted by molar-refractivity contribution is 5.93. The number of piperidine rings is 1. The van der Waals surface area contributed by atoms with Crippen LogP contribution in [0.15, 0.2) is 83.7 Å². The molecular weight excluding hydrogens is 482 g/mol. The van der Waals surface area contributed by atoms with Crippen molar-refractivity contribution in [2.75, 3.05) is 40.8 Å². The van der Waals surface area contributed by atoms with E-state index in [1.54, 1.807) is 0 Å². The number of likely N-dealkylation sites (tertiary alicyclic amines) is 1. The largest absolute Gasteiger partial charge is 0.364 e. The lowest BCUT2D eigenvalue weighted by Crippen LogP contribution is -2.62. The van der Waals surface area contributed by atoms with Gasteiger partial charge < -0.3 is 20.1 Å². The number of benzene rings is 3. The molecule has 0 saturated carbocycles. The maximum Gasteiger partial charge on any atom is 0.202 e. The van der Waals surface area contributed by atoms with Gasteiger partial charge in [-0.05, 0) is 53.3 Å². The third kappa shape index (κ3) is 4.77. The summed E-state index contributed by atoms with van der Waals surface area (Å²) in [5.41, 5.74) is 12.1. The molecule has 4 N–H and O–H groups in total. The Morgan fingerprint density at radius 1 is 0.923 bits per heavy atom. The highest BCUT2D eigenvalue weighted by Gasteiger charge is 2.44. The summed E-state index contributed by atoms with van der Waals surface area (Å²) in [6, 6.07) is 23.6. The first-order chi connectivity index (χ1) is 18.9. The van der Waals surface area contributed by atoms with Crippen molar-refractivity contribution in [2.45, 2.75) is 31.5 Å². The van der Waals surface area contributed by atoms with Crippen LogP contribution in [0.4, 0.5) is 0 Å². The molecule has 7 heteroatoms. The summed E-state index contributed by atoms with van der Waals surface area (Å²) in [5, 5.41) is 7.38. The van der Waals surface area contributed by atoms with Gasteiger partial charge in [-0.3, -0.25) is 10.6 Å². The topological polar surface area (TPSA) is 75.9 Å². The molecule has 2 aliphatic heterocycles. The van der Waals surface area contributed by atoms with Crippen molar-refractivity contribution in [3.63, 3.8) is 0 Å². The Labute approximate surface area is 231 Å². The van der Waals surface area contributed by atoms with E-state index in [4.69, 9.17) is 10.7 Å². The van der Waals surface area contributed by atoms with E-state index in [-0.39, 0.29) is 0 Å². The molecular formula is C32H39N7. The quantitative estimate of drug-likeness (QED) is 0.340. The number of aromatic nitrogens is 1. The summed E-state index contributed by atoms with van der Waals surface area (Å²) in [4.78, 5) is 15.4. The fraction of sp³-hybridized carbons (Fsp3) is 0.344. The number of nitrogens with one attached hydrogen (secondary N) is 2. The molecule has 1 unspecified atom stereocenters. The summed E-state index contributed by atoms with van der Waals surface area (Å²) < 4.78 is 0. The van der Waals surface area contributed by atoms with Gasteiger partial charge in [0, 0.05) is 57.9 Å². The minimum absolute atomic E-state index is 0.802. The zero-order valence-corrected chi connectivity index (χ0v) is 23.2. The SMILES string of the molecule is CN(C)C1=C(c2ccc3ccccc3c2)C(N)(N2CCCCC2)N=C(N(C)CCc2c[nH]c3ccccc23)N1. The molecule has 1 saturated heterocycles. The predicted octanol–water partition coefficient (Wildman–Crippen LogP) is 4.78. The molecule has 0 aliphatic carbocycles. The number of hydrogen-bond acceptors (Lipinski definition) is 6. The molecule has 6 rings (SSSR count). The van der Waals surface area contributed by atoms with Crippen molar-refractivity contribution in [3.8, 4) is 0 Å². The molecule has 0 amide bonds. The number of fused-ring (bicyclic) bond motifs is 2. The molecule has 4 aromatic rings. The van der Waals surface area contributed by atoms with Gasteiger partial charge in [0.2, 0.25) is 5.96 Å². The summed E-state index contributed by atoms with van der Waals surface area (Å²) >= 11 is 0. The van der Waals surface area contributed by atoms with E-state index in [0.717, 1.165) is 61.8 Å². The maximum absolute atomic E-state index is 7.46. The summed E-state index contributed by atoms with van der Waals surface area (Å²) in [7, 11) is 6.26. The molecule has 7 nitrogen and oxygen atoms in total. The first-order valence-corrected chi connectivity index (χ1v) is 14.0. The minimum atomic E-state index is -0.974. The number of hydrogen-bond donors (Lipinski definition) is 3. The lowest BCUT2D eigenvalue weighted by Gasteiger charge is -2.46. The third-order valence-electron chi connectivity index (χ3n) is 8.19. The lowest BCUT2D eigenvalue weighted by atomic mass is 9.93. The molecule has 3 heterocycles. The number of nitrogens with two attached hydrogens (primary N) is 1. The van der Waals surface area contributed by atoms with Gasteiger partial charge in [0.25, 0.3) is 0 Å². The molecule has 0 bridgehead atoms. The lowest BCUT2D eigenvalue weighted by molar-refractivity contribution is 0.118. The highest BCUT2D eigenvalue weighted by atomic mass is 15.5. The number of likely N-dealkylation sites (N-methyl/N-ethyl adjacent to an activating group) is 1. The number of nitrogens with zero attached hydrogens (tertiary/aromatic N) is 4. The molecule has 0 radical (unpaired) electrons. The predicted molar refractivity (Wildman–Crippen MR) is 162 cm³/mol. The van der Waals surface area contributed by atoms with E-state index < -0.39 is 5.79 Å². The van der Waals surface area contributed by atoms with Crippen LogP contribution in [-0.2, 0) is 6.42 Å². The fourth-order valence-electron chi connectivity index (χ4n) is 5.99. The first-order valence-electron chi connectivity index (χ1n) is 14.0.